The van der Waals surface area contributed by atoms with E-state index >= 15 is 0 Å². The van der Waals surface area contributed by atoms with Crippen molar-refractivity contribution in [2.24, 2.45) is 7.05 Å². The summed E-state index contributed by atoms with van der Waals surface area (Å²) in [7, 11) is 1.89. The molecule has 1 amide bonds. The van der Waals surface area contributed by atoms with Crippen LogP contribution in [0.25, 0.3) is 0 Å². The number of benzene rings is 3. The fraction of sp³-hybridized carbons (Fsp3) is 0.364. The number of alkyl halides is 3. The maximum atomic E-state index is 14.4. The van der Waals surface area contributed by atoms with Crippen molar-refractivity contribution in [1.82, 2.24) is 19.7 Å². The van der Waals surface area contributed by atoms with Gasteiger partial charge >= 0.3 is 6.18 Å². The molecule has 4 heterocycles. The van der Waals surface area contributed by atoms with E-state index in [0.717, 1.165) is 30.9 Å². The molecule has 2 fully saturated rings. The molecular weight excluding hydrogens is 555 g/mol. The van der Waals surface area contributed by atoms with Crippen molar-refractivity contribution in [3.8, 4) is 0 Å². The molecule has 3 aliphatic rings. The molecule has 0 spiro atoms. The van der Waals surface area contributed by atoms with E-state index in [1.54, 1.807) is 18.5 Å². The van der Waals surface area contributed by atoms with Crippen LogP contribution in [0.1, 0.15) is 56.3 Å². The highest BCUT2D eigenvalue weighted by Crippen LogP contribution is 2.42. The first-order valence-corrected chi connectivity index (χ1v) is 14.5. The summed E-state index contributed by atoms with van der Waals surface area (Å²) in [4.78, 5) is 17.4. The third kappa shape index (κ3) is 5.12. The lowest BCUT2D eigenvalue weighted by atomic mass is 9.75. The van der Waals surface area contributed by atoms with Gasteiger partial charge in [-0.1, -0.05) is 42.5 Å². The average Bonchev–Trinajstić information content (AvgIpc) is 3.70. The summed E-state index contributed by atoms with van der Waals surface area (Å²) in [6, 6.07) is 20.6. The Labute approximate surface area is 247 Å². The zero-order chi connectivity index (χ0) is 29.8. The number of rotatable bonds is 7. The molecule has 43 heavy (non-hydrogen) atoms. The number of aromatic nitrogens is 3. The molecule has 4 aromatic rings. The van der Waals surface area contributed by atoms with Gasteiger partial charge in [-0.25, -0.2) is 0 Å². The molecule has 3 aliphatic heterocycles. The highest BCUT2D eigenvalue weighted by molar-refractivity contribution is 6.10. The molecule has 1 aromatic heterocycles. The minimum Gasteiger partial charge on any atom is -0.379 e. The van der Waals surface area contributed by atoms with Crippen LogP contribution in [0.2, 0.25) is 0 Å². The van der Waals surface area contributed by atoms with Crippen LogP contribution in [0.15, 0.2) is 73.1 Å². The Kier molecular flexibility index (Phi) is 6.85. The molecule has 0 radical (unpaired) electrons. The zero-order valence-corrected chi connectivity index (χ0v) is 23.8. The molecule has 0 saturated carbocycles. The number of carbonyl (C=O) groups excluding carboxylic acids is 1. The number of fused-ring (bicyclic) bond motifs is 1. The fourth-order valence-electron chi connectivity index (χ4n) is 6.75. The van der Waals surface area contributed by atoms with Crippen LogP contribution in [-0.4, -0.2) is 51.9 Å². The normalized spacial score (nSPS) is 20.0. The van der Waals surface area contributed by atoms with Crippen LogP contribution >= 0.6 is 0 Å². The highest BCUT2D eigenvalue weighted by Gasteiger charge is 2.43. The molecule has 0 aliphatic carbocycles. The molecule has 10 heteroatoms. The molecule has 222 valence electrons. The number of likely N-dealkylation sites (tertiary alicyclic amines) is 1. The second-order valence-corrected chi connectivity index (χ2v) is 12.0. The number of ether oxygens (including phenoxy) is 1. The van der Waals surface area contributed by atoms with Crippen LogP contribution in [0.4, 0.5) is 18.9 Å². The molecule has 1 unspecified atom stereocenters. The summed E-state index contributed by atoms with van der Waals surface area (Å²) in [6.45, 7) is 2.79. The van der Waals surface area contributed by atoms with Gasteiger partial charge in [0.25, 0.3) is 5.91 Å². The van der Waals surface area contributed by atoms with E-state index in [1.165, 1.54) is 16.5 Å². The Morgan fingerprint density at radius 3 is 2.56 bits per heavy atom. The van der Waals surface area contributed by atoms with Gasteiger partial charge in [-0.2, -0.15) is 13.2 Å². The molecule has 3 aromatic carbocycles. The topological polar surface area (TPSA) is 63.5 Å². The Morgan fingerprint density at radius 2 is 1.86 bits per heavy atom. The number of anilines is 1. The zero-order valence-electron chi connectivity index (χ0n) is 23.8. The summed E-state index contributed by atoms with van der Waals surface area (Å²) < 4.78 is 50.6. The lowest BCUT2D eigenvalue weighted by molar-refractivity contribution is -0.138. The molecule has 2 saturated heterocycles. The van der Waals surface area contributed by atoms with E-state index in [9.17, 15) is 18.0 Å². The van der Waals surface area contributed by atoms with Gasteiger partial charge in [0.2, 0.25) is 0 Å². The van der Waals surface area contributed by atoms with Crippen LogP contribution in [-0.2, 0) is 42.9 Å². The SMILES string of the molecule is Cn1cnnc1CC1(c2cccc(N3Cc4c(cc(CN5CCC(c6ccccc6)C5)cc4C(F)(F)F)C3=O)c2)COC1. The molecule has 7 nitrogen and oxygen atoms in total. The van der Waals surface area contributed by atoms with Gasteiger partial charge < -0.3 is 14.2 Å². The molecule has 7 rings (SSSR count). The van der Waals surface area contributed by atoms with Crippen molar-refractivity contribution in [3.63, 3.8) is 0 Å². The van der Waals surface area contributed by atoms with E-state index in [0.29, 0.717) is 43.3 Å². The maximum absolute atomic E-state index is 14.4. The molecule has 0 bridgehead atoms. The van der Waals surface area contributed by atoms with Gasteiger partial charge in [0.1, 0.15) is 12.2 Å². The minimum absolute atomic E-state index is 0.0380. The highest BCUT2D eigenvalue weighted by atomic mass is 19.4. The van der Waals surface area contributed by atoms with Crippen molar-refractivity contribution in [3.05, 3.63) is 112 Å². The summed E-state index contributed by atoms with van der Waals surface area (Å²) in [6.07, 6.45) is -1.37. The lowest BCUT2D eigenvalue weighted by Crippen LogP contribution is -2.49. The van der Waals surface area contributed by atoms with Crippen LogP contribution in [0.3, 0.4) is 0 Å². The van der Waals surface area contributed by atoms with Crippen molar-refractivity contribution in [1.29, 1.82) is 0 Å². The third-order valence-corrected chi connectivity index (χ3v) is 9.18. The molecular formula is C33H32F3N5O2. The Balaban J connectivity index is 1.15. The monoisotopic (exact) mass is 587 g/mol. The largest absolute Gasteiger partial charge is 0.416 e. The first-order chi connectivity index (χ1) is 20.7. The number of halogens is 3. The van der Waals surface area contributed by atoms with Gasteiger partial charge in [0.05, 0.1) is 25.3 Å². The molecule has 1 atom stereocenters. The maximum Gasteiger partial charge on any atom is 0.416 e. The lowest BCUT2D eigenvalue weighted by Gasteiger charge is -2.42. The van der Waals surface area contributed by atoms with Crippen molar-refractivity contribution >= 4 is 11.6 Å². The Hall–Kier alpha value is -4.02. The average molecular weight is 588 g/mol. The van der Waals surface area contributed by atoms with Gasteiger partial charge in [0.15, 0.2) is 0 Å². The number of aryl methyl sites for hydroxylation is 1. The number of nitrogens with zero attached hydrogens (tertiary/aromatic N) is 5. The van der Waals surface area contributed by atoms with Gasteiger partial charge in [0, 0.05) is 43.2 Å². The summed E-state index contributed by atoms with van der Waals surface area (Å²) in [5, 5.41) is 8.21. The quantitative estimate of drug-likeness (QED) is 0.286. The van der Waals surface area contributed by atoms with Crippen LogP contribution in [0.5, 0.6) is 0 Å². The first-order valence-electron chi connectivity index (χ1n) is 14.5. The standard InChI is InChI=1S/C33H32F3N5O2/c1-39-21-37-38-30(39)15-32(19-43-20-32)25-8-5-9-26(14-25)41-18-28-27(31(41)42)12-22(13-29(28)33(34,35)36)16-40-11-10-24(17-40)23-6-3-2-4-7-23/h2-9,12-14,21,24H,10-11,15-20H2,1H3. The predicted molar refractivity (Wildman–Crippen MR) is 155 cm³/mol. The van der Waals surface area contributed by atoms with Gasteiger partial charge in [-0.15, -0.1) is 10.2 Å². The first kappa shape index (κ1) is 27.8. The van der Waals surface area contributed by atoms with E-state index in [1.807, 2.05) is 48.0 Å². The predicted octanol–water partition coefficient (Wildman–Crippen LogP) is 5.49. The van der Waals surface area contributed by atoms with E-state index in [4.69, 9.17) is 4.74 Å². The number of carbonyl (C=O) groups is 1. The molecule has 0 N–H and O–H groups in total. The van der Waals surface area contributed by atoms with E-state index < -0.39 is 17.6 Å². The second kappa shape index (κ2) is 10.6. The van der Waals surface area contributed by atoms with Crippen molar-refractivity contribution in [2.75, 3.05) is 31.2 Å². The number of amides is 1. The minimum atomic E-state index is -4.57. The Morgan fingerprint density at radius 1 is 1.05 bits per heavy atom. The number of hydrogen-bond donors (Lipinski definition) is 0. The van der Waals surface area contributed by atoms with Gasteiger partial charge in [-0.05, 0) is 65.4 Å². The summed E-state index contributed by atoms with van der Waals surface area (Å²) in [5.74, 6) is 0.754. The smallest absolute Gasteiger partial charge is 0.379 e. The number of hydrogen-bond acceptors (Lipinski definition) is 5. The van der Waals surface area contributed by atoms with Crippen LogP contribution in [0, 0.1) is 0 Å². The van der Waals surface area contributed by atoms with E-state index in [-0.39, 0.29) is 23.1 Å². The van der Waals surface area contributed by atoms with Crippen molar-refractivity contribution in [2.45, 2.75) is 43.4 Å². The summed E-state index contributed by atoms with van der Waals surface area (Å²) in [5.41, 5.74) is 2.39. The Bertz CT molecular complexity index is 1660. The third-order valence-electron chi connectivity index (χ3n) is 9.18. The van der Waals surface area contributed by atoms with Crippen LogP contribution < -0.4 is 4.90 Å². The van der Waals surface area contributed by atoms with E-state index in [2.05, 4.69) is 27.2 Å². The summed E-state index contributed by atoms with van der Waals surface area (Å²) >= 11 is 0. The fourth-order valence-corrected chi connectivity index (χ4v) is 6.75. The second-order valence-electron chi connectivity index (χ2n) is 12.0. The van der Waals surface area contributed by atoms with Crippen molar-refractivity contribution < 1.29 is 22.7 Å². The van der Waals surface area contributed by atoms with Gasteiger partial charge in [-0.3, -0.25) is 9.69 Å².